The monoisotopic (exact) mass is 301 g/mol. The van der Waals surface area contributed by atoms with Gasteiger partial charge in [0.2, 0.25) is 0 Å². The molecule has 0 radical (unpaired) electrons. The fourth-order valence-electron chi connectivity index (χ4n) is 0.977. The van der Waals surface area contributed by atoms with Crippen LogP contribution < -0.4 is 5.73 Å². The molecule has 0 spiro atoms. The van der Waals surface area contributed by atoms with E-state index in [9.17, 15) is 13.2 Å². The number of nitrogen functional groups attached to an aromatic ring is 1. The fourth-order valence-corrected chi connectivity index (χ4v) is 1.64. The summed E-state index contributed by atoms with van der Waals surface area (Å²) in [6.45, 7) is 0. The van der Waals surface area contributed by atoms with E-state index in [1.807, 2.05) is 22.6 Å². The van der Waals surface area contributed by atoms with Crippen LogP contribution in [0.2, 0.25) is 0 Å². The topological polar surface area (TPSA) is 26.0 Å². The minimum atomic E-state index is -4.36. The Kier molecular flexibility index (Phi) is 3.05. The van der Waals surface area contributed by atoms with Gasteiger partial charge in [-0.2, -0.15) is 13.2 Å². The molecule has 1 rings (SSSR count). The lowest BCUT2D eigenvalue weighted by Gasteiger charge is -2.11. The van der Waals surface area contributed by atoms with Gasteiger partial charge < -0.3 is 5.73 Å². The molecule has 0 aliphatic carbocycles. The lowest BCUT2D eigenvalue weighted by Crippen LogP contribution is -2.10. The van der Waals surface area contributed by atoms with Gasteiger partial charge in [-0.25, -0.2) is 0 Å². The van der Waals surface area contributed by atoms with Crippen LogP contribution in [0.15, 0.2) is 18.2 Å². The first-order chi connectivity index (χ1) is 5.96. The summed E-state index contributed by atoms with van der Waals surface area (Å²) < 4.78 is 37.3. The van der Waals surface area contributed by atoms with Crippen LogP contribution in [0.4, 0.5) is 18.9 Å². The molecule has 5 heteroatoms. The van der Waals surface area contributed by atoms with Crippen LogP contribution in [-0.4, -0.2) is 0 Å². The van der Waals surface area contributed by atoms with Crippen LogP contribution in [0.3, 0.4) is 0 Å². The molecule has 1 nitrogen and oxygen atoms in total. The van der Waals surface area contributed by atoms with Gasteiger partial charge in [-0.3, -0.25) is 0 Å². The zero-order valence-electron chi connectivity index (χ0n) is 6.53. The third-order valence-electron chi connectivity index (χ3n) is 1.65. The SMILES string of the molecule is Nc1c(CI)cccc1C(F)(F)F. The Hall–Kier alpha value is -0.460. The number of para-hydroxylation sites is 1. The lowest BCUT2D eigenvalue weighted by molar-refractivity contribution is -0.136. The summed E-state index contributed by atoms with van der Waals surface area (Å²) >= 11 is 1.98. The van der Waals surface area contributed by atoms with E-state index in [1.54, 1.807) is 6.07 Å². The molecule has 0 unspecified atom stereocenters. The number of benzene rings is 1. The molecular weight excluding hydrogens is 294 g/mol. The quantitative estimate of drug-likeness (QED) is 0.481. The molecule has 0 saturated carbocycles. The van der Waals surface area contributed by atoms with E-state index in [2.05, 4.69) is 0 Å². The lowest BCUT2D eigenvalue weighted by atomic mass is 10.1. The standard InChI is InChI=1S/C8H7F3IN/c9-8(10,11)6-3-1-2-5(4-12)7(6)13/h1-3H,4,13H2. The Bertz CT molecular complexity index is 309. The van der Waals surface area contributed by atoms with Crippen LogP contribution in [0.5, 0.6) is 0 Å². The summed E-state index contributed by atoms with van der Waals surface area (Å²) in [5.41, 5.74) is 4.97. The Balaban J connectivity index is 3.24. The smallest absolute Gasteiger partial charge is 0.398 e. The molecule has 0 heterocycles. The highest BCUT2D eigenvalue weighted by Gasteiger charge is 2.33. The van der Waals surface area contributed by atoms with Gasteiger partial charge in [0.25, 0.3) is 0 Å². The normalized spacial score (nSPS) is 11.7. The van der Waals surface area contributed by atoms with Crippen LogP contribution in [0.25, 0.3) is 0 Å². The van der Waals surface area contributed by atoms with Gasteiger partial charge in [-0.05, 0) is 11.6 Å². The maximum Gasteiger partial charge on any atom is 0.418 e. The predicted octanol–water partition coefficient (Wildman–Crippen LogP) is 3.22. The molecule has 0 bridgehead atoms. The molecular formula is C8H7F3IN. The van der Waals surface area contributed by atoms with Gasteiger partial charge in [0, 0.05) is 10.1 Å². The average Bonchev–Trinajstić information content (AvgIpc) is 2.02. The van der Waals surface area contributed by atoms with E-state index in [4.69, 9.17) is 5.73 Å². The predicted molar refractivity (Wildman–Crippen MR) is 53.6 cm³/mol. The van der Waals surface area contributed by atoms with Gasteiger partial charge in [0.1, 0.15) is 0 Å². The van der Waals surface area contributed by atoms with Crippen molar-refractivity contribution in [1.82, 2.24) is 0 Å². The number of hydrogen-bond donors (Lipinski definition) is 1. The van der Waals surface area contributed by atoms with Crippen molar-refractivity contribution in [2.24, 2.45) is 0 Å². The summed E-state index contributed by atoms with van der Waals surface area (Å²) in [7, 11) is 0. The first kappa shape index (κ1) is 10.6. The molecule has 0 aliphatic rings. The van der Waals surface area contributed by atoms with Crippen LogP contribution >= 0.6 is 22.6 Å². The molecule has 2 N–H and O–H groups in total. The van der Waals surface area contributed by atoms with Crippen molar-refractivity contribution in [2.45, 2.75) is 10.6 Å². The van der Waals surface area contributed by atoms with E-state index >= 15 is 0 Å². The van der Waals surface area contributed by atoms with Crippen molar-refractivity contribution in [1.29, 1.82) is 0 Å². The van der Waals surface area contributed by atoms with Gasteiger partial charge >= 0.3 is 6.18 Å². The van der Waals surface area contributed by atoms with Crippen molar-refractivity contribution in [3.8, 4) is 0 Å². The van der Waals surface area contributed by atoms with Crippen LogP contribution in [0, 0.1) is 0 Å². The van der Waals surface area contributed by atoms with Crippen LogP contribution in [-0.2, 0) is 10.6 Å². The van der Waals surface area contributed by atoms with Crippen LogP contribution in [0.1, 0.15) is 11.1 Å². The summed E-state index contributed by atoms with van der Waals surface area (Å²) in [6, 6.07) is 3.95. The van der Waals surface area contributed by atoms with Crippen molar-refractivity contribution in [2.75, 3.05) is 5.73 Å². The summed E-state index contributed by atoms with van der Waals surface area (Å²) in [4.78, 5) is 0. The summed E-state index contributed by atoms with van der Waals surface area (Å²) in [6.07, 6.45) is -4.36. The second kappa shape index (κ2) is 3.73. The molecule has 1 aromatic carbocycles. The molecule has 13 heavy (non-hydrogen) atoms. The Labute approximate surface area is 87.3 Å². The largest absolute Gasteiger partial charge is 0.418 e. The molecule has 0 aliphatic heterocycles. The van der Waals surface area contributed by atoms with Crippen molar-refractivity contribution >= 4 is 28.3 Å². The second-order valence-corrected chi connectivity index (χ2v) is 3.27. The fraction of sp³-hybridized carbons (Fsp3) is 0.250. The second-order valence-electron chi connectivity index (χ2n) is 2.51. The third kappa shape index (κ3) is 2.26. The van der Waals surface area contributed by atoms with E-state index in [1.165, 1.54) is 6.07 Å². The van der Waals surface area contributed by atoms with Crippen molar-refractivity contribution in [3.05, 3.63) is 29.3 Å². The highest BCUT2D eigenvalue weighted by Crippen LogP contribution is 2.35. The zero-order chi connectivity index (χ0) is 10.1. The molecule has 0 atom stereocenters. The molecule has 0 aromatic heterocycles. The number of nitrogens with two attached hydrogens (primary N) is 1. The number of anilines is 1. The van der Waals surface area contributed by atoms with Gasteiger partial charge in [0.15, 0.2) is 0 Å². The Morgan fingerprint density at radius 3 is 2.38 bits per heavy atom. The molecule has 0 saturated heterocycles. The van der Waals surface area contributed by atoms with Gasteiger partial charge in [-0.1, -0.05) is 34.7 Å². The first-order valence-electron chi connectivity index (χ1n) is 3.47. The number of hydrogen-bond acceptors (Lipinski definition) is 1. The number of alkyl halides is 4. The van der Waals surface area contributed by atoms with E-state index in [0.29, 0.717) is 9.99 Å². The molecule has 0 fully saturated rings. The minimum absolute atomic E-state index is 0.163. The third-order valence-corrected chi connectivity index (χ3v) is 2.47. The molecule has 0 amide bonds. The minimum Gasteiger partial charge on any atom is -0.398 e. The molecule has 1 aromatic rings. The zero-order valence-corrected chi connectivity index (χ0v) is 8.69. The Morgan fingerprint density at radius 1 is 1.31 bits per heavy atom. The van der Waals surface area contributed by atoms with E-state index < -0.39 is 11.7 Å². The summed E-state index contributed by atoms with van der Waals surface area (Å²) in [5.74, 6) is 0. The maximum absolute atomic E-state index is 12.3. The van der Waals surface area contributed by atoms with E-state index in [-0.39, 0.29) is 5.69 Å². The Morgan fingerprint density at radius 2 is 1.92 bits per heavy atom. The molecule has 72 valence electrons. The van der Waals surface area contributed by atoms with Crippen molar-refractivity contribution in [3.63, 3.8) is 0 Å². The average molecular weight is 301 g/mol. The highest BCUT2D eigenvalue weighted by atomic mass is 127. The van der Waals surface area contributed by atoms with Gasteiger partial charge in [-0.15, -0.1) is 0 Å². The van der Waals surface area contributed by atoms with E-state index in [0.717, 1.165) is 6.07 Å². The highest BCUT2D eigenvalue weighted by molar-refractivity contribution is 14.1. The summed E-state index contributed by atoms with van der Waals surface area (Å²) in [5, 5.41) is 0. The van der Waals surface area contributed by atoms with Gasteiger partial charge in [0.05, 0.1) is 5.56 Å². The maximum atomic E-state index is 12.3. The van der Waals surface area contributed by atoms with Crippen molar-refractivity contribution < 1.29 is 13.2 Å². The number of rotatable bonds is 1. The first-order valence-corrected chi connectivity index (χ1v) is 5.00. The number of halogens is 4.